The molecule has 2 heterocycles. The van der Waals surface area contributed by atoms with Gasteiger partial charge in [0, 0.05) is 31.0 Å². The first-order valence-electron chi connectivity index (χ1n) is 8.16. The number of hydrogen-bond donors (Lipinski definition) is 2. The summed E-state index contributed by atoms with van der Waals surface area (Å²) >= 11 is 1.63. The molecular formula is C17H24N4O2S. The van der Waals surface area contributed by atoms with E-state index in [1.807, 2.05) is 25.1 Å². The summed E-state index contributed by atoms with van der Waals surface area (Å²) in [7, 11) is 4.12. The van der Waals surface area contributed by atoms with Crippen molar-refractivity contribution in [3.05, 3.63) is 23.2 Å². The molecule has 130 valence electrons. The minimum absolute atomic E-state index is 0.0334. The molecule has 0 bridgehead atoms. The van der Waals surface area contributed by atoms with Crippen molar-refractivity contribution >= 4 is 33.3 Å². The van der Waals surface area contributed by atoms with E-state index < -0.39 is 0 Å². The molecule has 0 spiro atoms. The zero-order valence-corrected chi connectivity index (χ0v) is 15.2. The number of benzene rings is 1. The zero-order valence-electron chi connectivity index (χ0n) is 14.4. The van der Waals surface area contributed by atoms with Gasteiger partial charge >= 0.3 is 6.03 Å². The topological polar surface area (TPSA) is 66.5 Å². The number of rotatable bonds is 4. The fourth-order valence-corrected chi connectivity index (χ4v) is 3.94. The molecule has 1 aromatic carbocycles. The van der Waals surface area contributed by atoms with Crippen molar-refractivity contribution in [3.63, 3.8) is 0 Å². The summed E-state index contributed by atoms with van der Waals surface area (Å²) in [4.78, 5) is 18.9. The summed E-state index contributed by atoms with van der Waals surface area (Å²) in [5.74, 6) is 0. The third kappa shape index (κ3) is 3.68. The summed E-state index contributed by atoms with van der Waals surface area (Å²) < 4.78 is 6.54. The molecule has 1 fully saturated rings. The van der Waals surface area contributed by atoms with Gasteiger partial charge in [-0.1, -0.05) is 0 Å². The average molecular weight is 348 g/mol. The number of nitrogens with zero attached hydrogens (tertiary/aromatic N) is 2. The number of ether oxygens (including phenoxy) is 1. The molecule has 3 rings (SSSR count). The minimum Gasteiger partial charge on any atom is -0.381 e. The van der Waals surface area contributed by atoms with Crippen molar-refractivity contribution in [1.29, 1.82) is 0 Å². The Labute approximate surface area is 146 Å². The van der Waals surface area contributed by atoms with E-state index in [2.05, 4.69) is 34.6 Å². The van der Waals surface area contributed by atoms with Gasteiger partial charge in [-0.2, -0.15) is 0 Å². The summed E-state index contributed by atoms with van der Waals surface area (Å²) in [5.41, 5.74) is 1.72. The van der Waals surface area contributed by atoms with Crippen LogP contribution in [0.1, 0.15) is 17.8 Å². The maximum atomic E-state index is 12.3. The summed E-state index contributed by atoms with van der Waals surface area (Å²) in [5, 5.41) is 6.96. The van der Waals surface area contributed by atoms with Crippen molar-refractivity contribution < 1.29 is 9.53 Å². The number of anilines is 1. The van der Waals surface area contributed by atoms with Gasteiger partial charge in [0.1, 0.15) is 0 Å². The number of urea groups is 1. The Morgan fingerprint density at radius 1 is 1.38 bits per heavy atom. The Kier molecular flexibility index (Phi) is 5.03. The summed E-state index contributed by atoms with van der Waals surface area (Å²) in [6.07, 6.45) is 1.85. The van der Waals surface area contributed by atoms with E-state index in [4.69, 9.17) is 4.74 Å². The summed E-state index contributed by atoms with van der Waals surface area (Å²) in [6.45, 7) is 4.07. The lowest BCUT2D eigenvalue weighted by atomic mass is 9.88. The average Bonchev–Trinajstić information content (AvgIpc) is 2.93. The number of amides is 2. The van der Waals surface area contributed by atoms with Gasteiger partial charge in [-0.3, -0.25) is 0 Å². The first-order chi connectivity index (χ1) is 11.5. The number of nitrogens with one attached hydrogen (secondary N) is 2. The Morgan fingerprint density at radius 3 is 2.83 bits per heavy atom. The molecule has 6 nitrogen and oxygen atoms in total. The van der Waals surface area contributed by atoms with Crippen molar-refractivity contribution in [2.45, 2.75) is 25.3 Å². The van der Waals surface area contributed by atoms with Crippen LogP contribution in [0, 0.1) is 6.92 Å². The fraction of sp³-hybridized carbons (Fsp3) is 0.529. The number of hydrogen-bond acceptors (Lipinski definition) is 5. The highest BCUT2D eigenvalue weighted by Gasteiger charge is 2.35. The molecule has 1 aromatic heterocycles. The number of thiazole rings is 1. The van der Waals surface area contributed by atoms with Gasteiger partial charge in [-0.15, -0.1) is 11.3 Å². The van der Waals surface area contributed by atoms with Crippen LogP contribution in [0.4, 0.5) is 10.5 Å². The molecule has 2 N–H and O–H groups in total. The number of likely N-dealkylation sites (N-methyl/N-ethyl adjacent to an activating group) is 1. The van der Waals surface area contributed by atoms with Gasteiger partial charge in [0.2, 0.25) is 0 Å². The van der Waals surface area contributed by atoms with Crippen molar-refractivity contribution in [2.24, 2.45) is 0 Å². The highest BCUT2D eigenvalue weighted by atomic mass is 32.1. The van der Waals surface area contributed by atoms with Crippen LogP contribution in [0.25, 0.3) is 10.2 Å². The third-order valence-electron chi connectivity index (χ3n) is 4.70. The summed E-state index contributed by atoms with van der Waals surface area (Å²) in [6, 6.07) is 5.62. The maximum absolute atomic E-state index is 12.3. The van der Waals surface area contributed by atoms with Gasteiger partial charge in [0.05, 0.1) is 15.2 Å². The van der Waals surface area contributed by atoms with Crippen molar-refractivity contribution in [2.75, 3.05) is 39.2 Å². The fourth-order valence-electron chi connectivity index (χ4n) is 3.07. The quantitative estimate of drug-likeness (QED) is 0.892. The van der Waals surface area contributed by atoms with E-state index in [1.54, 1.807) is 11.3 Å². The molecule has 1 saturated heterocycles. The molecule has 1 aliphatic rings. The third-order valence-corrected chi connectivity index (χ3v) is 5.64. The highest BCUT2D eigenvalue weighted by molar-refractivity contribution is 7.18. The number of aryl methyl sites for hydroxylation is 1. The van der Waals surface area contributed by atoms with E-state index in [0.717, 1.165) is 47.0 Å². The molecule has 7 heteroatoms. The van der Waals surface area contributed by atoms with E-state index in [-0.39, 0.29) is 11.6 Å². The van der Waals surface area contributed by atoms with Gasteiger partial charge in [0.15, 0.2) is 0 Å². The smallest absolute Gasteiger partial charge is 0.319 e. The van der Waals surface area contributed by atoms with Crippen LogP contribution >= 0.6 is 11.3 Å². The minimum atomic E-state index is -0.177. The molecule has 1 aliphatic heterocycles. The Hall–Kier alpha value is -1.70. The highest BCUT2D eigenvalue weighted by Crippen LogP contribution is 2.26. The van der Waals surface area contributed by atoms with Crippen LogP contribution in [-0.2, 0) is 4.74 Å². The Balaban J connectivity index is 1.61. The second-order valence-electron chi connectivity index (χ2n) is 6.45. The van der Waals surface area contributed by atoms with Gasteiger partial charge < -0.3 is 20.3 Å². The van der Waals surface area contributed by atoms with E-state index in [9.17, 15) is 4.79 Å². The van der Waals surface area contributed by atoms with E-state index in [0.29, 0.717) is 6.54 Å². The largest absolute Gasteiger partial charge is 0.381 e. The Morgan fingerprint density at radius 2 is 2.12 bits per heavy atom. The first kappa shape index (κ1) is 17.1. The van der Waals surface area contributed by atoms with Crippen LogP contribution in [0.2, 0.25) is 0 Å². The molecule has 2 aromatic rings. The molecule has 0 saturated carbocycles. The van der Waals surface area contributed by atoms with Gasteiger partial charge in [-0.05, 0) is 52.1 Å². The Bertz CT molecular complexity index is 722. The second kappa shape index (κ2) is 7.04. The molecule has 24 heavy (non-hydrogen) atoms. The molecule has 0 unspecified atom stereocenters. The lowest BCUT2D eigenvalue weighted by molar-refractivity contribution is -0.00553. The maximum Gasteiger partial charge on any atom is 0.319 e. The molecule has 0 atom stereocenters. The lowest BCUT2D eigenvalue weighted by Crippen LogP contribution is -2.56. The monoisotopic (exact) mass is 348 g/mol. The number of aromatic nitrogens is 1. The van der Waals surface area contributed by atoms with Crippen molar-refractivity contribution in [1.82, 2.24) is 15.2 Å². The van der Waals surface area contributed by atoms with Crippen LogP contribution in [0.15, 0.2) is 18.2 Å². The first-order valence-corrected chi connectivity index (χ1v) is 8.97. The van der Waals surface area contributed by atoms with Crippen LogP contribution < -0.4 is 10.6 Å². The molecule has 0 aliphatic carbocycles. The number of carbonyl (C=O) groups excluding carboxylic acids is 1. The predicted molar refractivity (Wildman–Crippen MR) is 97.8 cm³/mol. The SMILES string of the molecule is Cc1nc2ccc(NC(=O)NCC3(N(C)C)CCOCC3)cc2s1. The van der Waals surface area contributed by atoms with Crippen LogP contribution in [0.5, 0.6) is 0 Å². The predicted octanol–water partition coefficient (Wildman–Crippen LogP) is 2.84. The number of fused-ring (bicyclic) bond motifs is 1. The molecular weight excluding hydrogens is 324 g/mol. The zero-order chi connectivity index (χ0) is 17.2. The van der Waals surface area contributed by atoms with Crippen molar-refractivity contribution in [3.8, 4) is 0 Å². The second-order valence-corrected chi connectivity index (χ2v) is 7.69. The lowest BCUT2D eigenvalue weighted by Gasteiger charge is -2.42. The van der Waals surface area contributed by atoms with E-state index >= 15 is 0 Å². The van der Waals surface area contributed by atoms with Crippen LogP contribution in [0.3, 0.4) is 0 Å². The van der Waals surface area contributed by atoms with Gasteiger partial charge in [0.25, 0.3) is 0 Å². The normalized spacial score (nSPS) is 17.2. The molecule has 0 radical (unpaired) electrons. The van der Waals surface area contributed by atoms with Gasteiger partial charge in [-0.25, -0.2) is 9.78 Å². The number of carbonyl (C=O) groups is 1. The van der Waals surface area contributed by atoms with E-state index in [1.165, 1.54) is 0 Å². The standard InChI is InChI=1S/C17H24N4O2S/c1-12-19-14-5-4-13(10-15(14)24-12)20-16(22)18-11-17(21(2)3)6-8-23-9-7-17/h4-5,10H,6-9,11H2,1-3H3,(H2,18,20,22). The molecule has 2 amide bonds. The van der Waals surface area contributed by atoms with Crippen LogP contribution in [-0.4, -0.2) is 55.3 Å².